The number of cyclic esters (lactones) is 1. The Balaban J connectivity index is 1.25. The van der Waals surface area contributed by atoms with Crippen molar-refractivity contribution in [3.05, 3.63) is 65.7 Å². The van der Waals surface area contributed by atoms with E-state index in [1.165, 1.54) is 0 Å². The number of carbonyl (C=O) groups excluding carboxylic acids is 2. The van der Waals surface area contributed by atoms with Gasteiger partial charge in [0.05, 0.1) is 57.1 Å². The molecule has 190 valence electrons. The molecule has 0 N–H and O–H groups in total. The van der Waals surface area contributed by atoms with E-state index in [0.29, 0.717) is 45.7 Å². The number of rotatable bonds is 8. The summed E-state index contributed by atoms with van der Waals surface area (Å²) in [5.41, 5.74) is 0.929. The lowest BCUT2D eigenvalue weighted by Gasteiger charge is -2.54. The third-order valence-electron chi connectivity index (χ3n) is 8.79. The maximum Gasteiger partial charge on any atom is 0.310 e. The van der Waals surface area contributed by atoms with Gasteiger partial charge in [0.25, 0.3) is 0 Å². The second kappa shape index (κ2) is 9.29. The molecule has 0 amide bonds. The number of esters is 1. The summed E-state index contributed by atoms with van der Waals surface area (Å²) in [7, 11) is 1.64. The fraction of sp³-hybridized carbons (Fsp3) is 0.517. The Labute approximate surface area is 211 Å². The molecule has 0 radical (unpaired) electrons. The highest BCUT2D eigenvalue weighted by atomic mass is 16.6. The molecule has 2 aliphatic heterocycles. The fourth-order valence-corrected chi connectivity index (χ4v) is 7.05. The van der Waals surface area contributed by atoms with Crippen LogP contribution in [0.15, 0.2) is 54.6 Å². The molecule has 2 aromatic carbocycles. The zero-order valence-corrected chi connectivity index (χ0v) is 20.5. The van der Waals surface area contributed by atoms with E-state index in [0.717, 1.165) is 16.9 Å². The van der Waals surface area contributed by atoms with Gasteiger partial charge in [0.15, 0.2) is 0 Å². The summed E-state index contributed by atoms with van der Waals surface area (Å²) in [4.78, 5) is 26.4. The normalized spacial score (nSPS) is 34.7. The highest BCUT2D eigenvalue weighted by Gasteiger charge is 2.74. The van der Waals surface area contributed by atoms with E-state index in [1.54, 1.807) is 7.11 Å². The molecule has 4 aliphatic rings. The van der Waals surface area contributed by atoms with Gasteiger partial charge in [0, 0.05) is 17.8 Å². The monoisotopic (exact) mass is 492 g/mol. The van der Waals surface area contributed by atoms with Gasteiger partial charge >= 0.3 is 5.97 Å². The summed E-state index contributed by atoms with van der Waals surface area (Å²) >= 11 is 0. The Kier molecular flexibility index (Phi) is 6.10. The smallest absolute Gasteiger partial charge is 0.310 e. The quantitative estimate of drug-likeness (QED) is 0.520. The van der Waals surface area contributed by atoms with Gasteiger partial charge in [-0.05, 0) is 36.1 Å². The van der Waals surface area contributed by atoms with Gasteiger partial charge in [0.2, 0.25) is 0 Å². The Morgan fingerprint density at radius 1 is 0.972 bits per heavy atom. The van der Waals surface area contributed by atoms with Crippen LogP contribution in [-0.4, -0.2) is 50.9 Å². The number of benzene rings is 2. The van der Waals surface area contributed by atoms with Crippen molar-refractivity contribution in [2.45, 2.75) is 44.7 Å². The van der Waals surface area contributed by atoms with Gasteiger partial charge in [-0.1, -0.05) is 42.5 Å². The lowest BCUT2D eigenvalue weighted by molar-refractivity contribution is -0.176. The molecule has 7 nitrogen and oxygen atoms in total. The van der Waals surface area contributed by atoms with Gasteiger partial charge in [-0.2, -0.15) is 0 Å². The van der Waals surface area contributed by atoms with E-state index in [4.69, 9.17) is 23.7 Å². The van der Waals surface area contributed by atoms with Crippen LogP contribution in [0.4, 0.5) is 0 Å². The molecule has 2 saturated heterocycles. The minimum absolute atomic E-state index is 0.131. The molecule has 0 aromatic heterocycles. The van der Waals surface area contributed by atoms with Crippen LogP contribution in [0.2, 0.25) is 0 Å². The average molecular weight is 493 g/mol. The predicted molar refractivity (Wildman–Crippen MR) is 129 cm³/mol. The molecule has 6 atom stereocenters. The number of ether oxygens (including phenoxy) is 5. The first-order valence-electron chi connectivity index (χ1n) is 12.7. The van der Waals surface area contributed by atoms with Crippen LogP contribution < -0.4 is 4.74 Å². The van der Waals surface area contributed by atoms with Crippen LogP contribution in [0, 0.1) is 22.7 Å². The van der Waals surface area contributed by atoms with E-state index in [1.807, 2.05) is 54.6 Å². The minimum atomic E-state index is -0.841. The van der Waals surface area contributed by atoms with Crippen molar-refractivity contribution in [1.82, 2.24) is 0 Å². The number of Topliss-reactive ketones (excluding diaryl/α,β-unsaturated/α-hetero) is 1. The van der Waals surface area contributed by atoms with Gasteiger partial charge in [-0.25, -0.2) is 0 Å². The van der Waals surface area contributed by atoms with Gasteiger partial charge < -0.3 is 23.7 Å². The van der Waals surface area contributed by atoms with Gasteiger partial charge in [-0.3, -0.25) is 9.59 Å². The number of ketones is 1. The molecule has 2 heterocycles. The molecular formula is C29H32O7. The predicted octanol–water partition coefficient (Wildman–Crippen LogP) is 3.72. The van der Waals surface area contributed by atoms with E-state index >= 15 is 0 Å². The standard InChI is InChI=1S/C29H32O7/c1-32-21-9-7-20(8-10-21)15-34-23-13-22-27(31)36-18-29(22)24(30)11-12-28(17-35-25(23)26(28)29)16-33-14-19-5-3-2-4-6-19/h2-10,22-23,25-26H,11-18H2,1H3/t22-,23+,25+,26+,28-,29+/m1/s1. The summed E-state index contributed by atoms with van der Waals surface area (Å²) < 4.78 is 29.9. The van der Waals surface area contributed by atoms with E-state index in [-0.39, 0.29) is 41.9 Å². The minimum Gasteiger partial charge on any atom is -0.497 e. The third-order valence-corrected chi connectivity index (χ3v) is 8.79. The molecular weight excluding hydrogens is 460 g/mol. The Morgan fingerprint density at radius 3 is 2.53 bits per heavy atom. The van der Waals surface area contributed by atoms with Crippen molar-refractivity contribution in [1.29, 1.82) is 0 Å². The van der Waals surface area contributed by atoms with Crippen LogP contribution in [0.25, 0.3) is 0 Å². The molecule has 4 fully saturated rings. The Bertz CT molecular complexity index is 1120. The SMILES string of the molecule is COc1ccc(CO[C@H]2C[C@@H]3C(=O)OC[C@@]34C(=O)CC[C@@]3(COCc5ccccc5)CO[C@@H]2[C@@H]34)cc1. The Hall–Kier alpha value is -2.74. The van der Waals surface area contributed by atoms with Crippen molar-refractivity contribution in [3.8, 4) is 5.75 Å². The molecule has 2 saturated carbocycles. The first-order chi connectivity index (χ1) is 17.6. The number of carbonyl (C=O) groups is 2. The summed E-state index contributed by atoms with van der Waals surface area (Å²) in [6.07, 6.45) is 0.964. The molecule has 1 spiro atoms. The Morgan fingerprint density at radius 2 is 1.75 bits per heavy atom. The lowest BCUT2D eigenvalue weighted by Crippen LogP contribution is -2.63. The molecule has 0 bridgehead atoms. The zero-order chi connectivity index (χ0) is 24.8. The average Bonchev–Trinajstić information content (AvgIpc) is 3.46. The summed E-state index contributed by atoms with van der Waals surface area (Å²) in [5, 5.41) is 0. The van der Waals surface area contributed by atoms with E-state index < -0.39 is 11.3 Å². The lowest BCUT2D eigenvalue weighted by atomic mass is 9.47. The largest absolute Gasteiger partial charge is 0.497 e. The number of methoxy groups -OCH3 is 1. The maximum absolute atomic E-state index is 13.5. The van der Waals surface area contributed by atoms with E-state index in [9.17, 15) is 9.59 Å². The maximum atomic E-state index is 13.5. The summed E-state index contributed by atoms with van der Waals surface area (Å²) in [6.45, 7) is 2.00. The highest BCUT2D eigenvalue weighted by Crippen LogP contribution is 2.64. The van der Waals surface area contributed by atoms with Crippen LogP contribution in [0.3, 0.4) is 0 Å². The van der Waals surface area contributed by atoms with E-state index in [2.05, 4.69) is 0 Å². The van der Waals surface area contributed by atoms with Crippen LogP contribution >= 0.6 is 0 Å². The van der Waals surface area contributed by atoms with Crippen molar-refractivity contribution < 1.29 is 33.3 Å². The van der Waals surface area contributed by atoms with Gasteiger partial charge in [-0.15, -0.1) is 0 Å². The molecule has 36 heavy (non-hydrogen) atoms. The molecule has 0 unspecified atom stereocenters. The topological polar surface area (TPSA) is 80.3 Å². The molecule has 2 aromatic rings. The molecule has 7 heteroatoms. The van der Waals surface area contributed by atoms with Crippen LogP contribution in [-0.2, 0) is 41.8 Å². The first kappa shape index (κ1) is 23.6. The highest BCUT2D eigenvalue weighted by molar-refractivity contribution is 5.94. The van der Waals surface area contributed by atoms with Crippen molar-refractivity contribution >= 4 is 11.8 Å². The van der Waals surface area contributed by atoms with Crippen molar-refractivity contribution in [2.75, 3.05) is 26.9 Å². The summed E-state index contributed by atoms with van der Waals surface area (Å²) in [6, 6.07) is 17.8. The van der Waals surface area contributed by atoms with Crippen LogP contribution in [0.5, 0.6) is 5.75 Å². The fourth-order valence-electron chi connectivity index (χ4n) is 7.05. The second-order valence-corrected chi connectivity index (χ2v) is 10.7. The van der Waals surface area contributed by atoms with Crippen LogP contribution in [0.1, 0.15) is 30.4 Å². The molecule has 2 aliphatic carbocycles. The number of hydrogen-bond donors (Lipinski definition) is 0. The van der Waals surface area contributed by atoms with Crippen molar-refractivity contribution in [2.24, 2.45) is 22.7 Å². The molecule has 6 rings (SSSR count). The number of hydrogen-bond acceptors (Lipinski definition) is 7. The van der Waals surface area contributed by atoms with Crippen molar-refractivity contribution in [3.63, 3.8) is 0 Å². The van der Waals surface area contributed by atoms with Gasteiger partial charge in [0.1, 0.15) is 18.1 Å². The second-order valence-electron chi connectivity index (χ2n) is 10.7. The first-order valence-corrected chi connectivity index (χ1v) is 12.7. The summed E-state index contributed by atoms with van der Waals surface area (Å²) in [5.74, 6) is -0.0374. The third kappa shape index (κ3) is 3.76. The zero-order valence-electron chi connectivity index (χ0n) is 20.5.